The molecule has 3 aliphatic rings. The van der Waals surface area contributed by atoms with Crippen LogP contribution in [-0.2, 0) is 9.47 Å². The highest BCUT2D eigenvalue weighted by Crippen LogP contribution is 2.41. The SMILES string of the molecule is CC[C@@H]1CCCN(C(=O)c2cnc3c(ccn3-c3cncc(NC(=O)OC(C)CC4CCN(C(=O)c5cnc6c(ccn6-c6cncc(NC(=O)OC(C)CC7CCN(C(=O)c8cnc9c(ccn9-c9cncc(N)c9)c8)C[C@H]7C(F)(F)F)c6)c5)C[C@H]4CC)c3)c2)C1. The predicted molar refractivity (Wildman–Crippen MR) is 340 cm³/mol. The molecule has 478 valence electrons. The molecule has 4 N–H and O–H groups in total. The van der Waals surface area contributed by atoms with Crippen LogP contribution in [0.2, 0.25) is 0 Å². The lowest BCUT2D eigenvalue weighted by Crippen LogP contribution is -2.49. The molecular formula is C67H72F3N15O7. The normalized spacial score (nSPS) is 19.4. The molecule has 0 aromatic carbocycles. The van der Waals surface area contributed by atoms with E-state index in [0.717, 1.165) is 50.6 Å². The number of carbonyl (C=O) groups is 5. The largest absolute Gasteiger partial charge is 0.446 e. The van der Waals surface area contributed by atoms with Gasteiger partial charge in [-0.3, -0.25) is 53.7 Å². The number of carbonyl (C=O) groups excluding carboxylic acids is 5. The summed E-state index contributed by atoms with van der Waals surface area (Å²) in [5.74, 6) is -2.63. The van der Waals surface area contributed by atoms with E-state index >= 15 is 0 Å². The van der Waals surface area contributed by atoms with Crippen LogP contribution in [0.1, 0.15) is 110 Å². The molecule has 0 saturated carbocycles. The van der Waals surface area contributed by atoms with Gasteiger partial charge in [-0.05, 0) is 131 Å². The average Bonchev–Trinajstić information content (AvgIpc) is 1.59. The highest BCUT2D eigenvalue weighted by molar-refractivity contribution is 5.99. The molecule has 0 aliphatic carbocycles. The smallest absolute Gasteiger partial charge is 0.411 e. The van der Waals surface area contributed by atoms with Gasteiger partial charge in [-0.15, -0.1) is 0 Å². The zero-order valence-corrected chi connectivity index (χ0v) is 51.5. The van der Waals surface area contributed by atoms with Crippen LogP contribution in [0.5, 0.6) is 0 Å². The fourth-order valence-electron chi connectivity index (χ4n) is 13.5. The molecule has 7 atom stereocenters. The number of halogens is 3. The maximum absolute atomic E-state index is 14.7. The van der Waals surface area contributed by atoms with Gasteiger partial charge in [0.25, 0.3) is 17.7 Å². The van der Waals surface area contributed by atoms with Crippen molar-refractivity contribution in [1.29, 1.82) is 0 Å². The number of anilines is 3. The highest BCUT2D eigenvalue weighted by Gasteiger charge is 2.49. The Bertz CT molecular complexity index is 4230. The van der Waals surface area contributed by atoms with Crippen LogP contribution in [-0.4, -0.2) is 146 Å². The molecular weight excluding hydrogens is 1180 g/mol. The first kappa shape index (κ1) is 62.3. The van der Waals surface area contributed by atoms with E-state index in [9.17, 15) is 37.1 Å². The molecule has 22 nitrogen and oxygen atoms in total. The summed E-state index contributed by atoms with van der Waals surface area (Å²) in [6.45, 7) is 9.74. The average molecular weight is 1260 g/mol. The molecule has 4 unspecified atom stereocenters. The monoisotopic (exact) mass is 1260 g/mol. The Morgan fingerprint density at radius 2 is 0.989 bits per heavy atom. The Morgan fingerprint density at radius 1 is 0.543 bits per heavy atom. The molecule has 3 saturated heterocycles. The number of ether oxygens (including phenoxy) is 2. The van der Waals surface area contributed by atoms with Crippen molar-refractivity contribution >= 4 is 80.1 Å². The summed E-state index contributed by atoms with van der Waals surface area (Å²) in [5.41, 5.74) is 11.8. The Hall–Kier alpha value is -9.94. The summed E-state index contributed by atoms with van der Waals surface area (Å²) in [7, 11) is 0. The molecule has 0 radical (unpaired) electrons. The van der Waals surface area contributed by atoms with Crippen molar-refractivity contribution in [3.63, 3.8) is 0 Å². The first-order valence-electron chi connectivity index (χ1n) is 31.3. The number of nitrogen functional groups attached to an aromatic ring is 1. The summed E-state index contributed by atoms with van der Waals surface area (Å²) in [5, 5.41) is 7.61. The van der Waals surface area contributed by atoms with Gasteiger partial charge in [-0.1, -0.05) is 26.7 Å². The molecule has 25 heteroatoms. The summed E-state index contributed by atoms with van der Waals surface area (Å²) >= 11 is 0. The number of hydrogen-bond acceptors (Lipinski definition) is 14. The molecule has 0 bridgehead atoms. The van der Waals surface area contributed by atoms with Crippen LogP contribution in [0.4, 0.5) is 39.8 Å². The number of nitrogens with two attached hydrogens (primary N) is 1. The zero-order chi connectivity index (χ0) is 64.4. The zero-order valence-electron chi connectivity index (χ0n) is 51.5. The summed E-state index contributed by atoms with van der Waals surface area (Å²) in [4.78, 5) is 99.4. The molecule has 9 aromatic rings. The molecule has 5 amide bonds. The van der Waals surface area contributed by atoms with E-state index in [1.807, 2.05) is 45.7 Å². The lowest BCUT2D eigenvalue weighted by Gasteiger charge is -2.40. The van der Waals surface area contributed by atoms with Crippen molar-refractivity contribution in [3.8, 4) is 17.1 Å². The first-order chi connectivity index (χ1) is 44.4. The van der Waals surface area contributed by atoms with E-state index in [2.05, 4.69) is 49.4 Å². The maximum atomic E-state index is 14.7. The molecule has 12 rings (SSSR count). The van der Waals surface area contributed by atoms with E-state index < -0.39 is 54.9 Å². The van der Waals surface area contributed by atoms with Crippen LogP contribution < -0.4 is 16.4 Å². The Balaban J connectivity index is 0.605. The number of nitrogens with zero attached hydrogens (tertiary/aromatic N) is 12. The molecule has 3 aliphatic heterocycles. The predicted octanol–water partition coefficient (Wildman–Crippen LogP) is 11.9. The summed E-state index contributed by atoms with van der Waals surface area (Å²) in [6.07, 6.45) is 17.1. The minimum atomic E-state index is -4.63. The van der Waals surface area contributed by atoms with Crippen LogP contribution in [0.3, 0.4) is 0 Å². The minimum absolute atomic E-state index is 0.00382. The summed E-state index contributed by atoms with van der Waals surface area (Å²) < 4.78 is 61.0. The molecule has 9 aromatic heterocycles. The van der Waals surface area contributed by atoms with E-state index in [-0.39, 0.29) is 54.3 Å². The molecule has 3 fully saturated rings. The maximum Gasteiger partial charge on any atom is 0.411 e. The third-order valence-corrected chi connectivity index (χ3v) is 18.3. The van der Waals surface area contributed by atoms with Gasteiger partial charge >= 0.3 is 18.4 Å². The van der Waals surface area contributed by atoms with Gasteiger partial charge < -0.3 is 29.9 Å². The summed E-state index contributed by atoms with van der Waals surface area (Å²) in [6, 6.07) is 15.9. The van der Waals surface area contributed by atoms with Gasteiger partial charge in [0.2, 0.25) is 0 Å². The number of amides is 5. The quantitative estimate of drug-likeness (QED) is 0.0813. The van der Waals surface area contributed by atoms with Gasteiger partial charge in [0.15, 0.2) is 0 Å². The first-order valence-corrected chi connectivity index (χ1v) is 31.3. The lowest BCUT2D eigenvalue weighted by atomic mass is 9.80. The lowest BCUT2D eigenvalue weighted by molar-refractivity contribution is -0.201. The third-order valence-electron chi connectivity index (χ3n) is 18.3. The number of rotatable bonds is 16. The van der Waals surface area contributed by atoms with Crippen molar-refractivity contribution < 1.29 is 46.6 Å². The van der Waals surface area contributed by atoms with E-state index in [1.165, 1.54) is 23.5 Å². The van der Waals surface area contributed by atoms with Crippen molar-refractivity contribution in [2.75, 3.05) is 55.6 Å². The number of hydrogen-bond donors (Lipinski definition) is 3. The molecule has 0 spiro atoms. The van der Waals surface area contributed by atoms with E-state index in [1.54, 1.807) is 102 Å². The number of piperidine rings is 3. The van der Waals surface area contributed by atoms with E-state index in [0.29, 0.717) is 92.7 Å². The topological polar surface area (TPSA) is 256 Å². The Labute approximate surface area is 528 Å². The fourth-order valence-corrected chi connectivity index (χ4v) is 13.5. The second kappa shape index (κ2) is 26.5. The minimum Gasteiger partial charge on any atom is -0.446 e. The van der Waals surface area contributed by atoms with Crippen LogP contribution >= 0.6 is 0 Å². The number of fused-ring (bicyclic) bond motifs is 3. The standard InChI is InChI=1S/C67H72F3N15O7/c1-5-42-8-7-14-80(37-42)62(86)49-22-47-12-18-84(60(47)76-28-49)56-26-53(32-73-35-56)78-65(89)91-40(3)20-44-9-15-81(38-43(44)6-2)63(87)50-23-48-13-19-85(61(48)77-29-50)57-27-54(33-74-36-57)79-66(90)92-41(4)21-45-10-16-82(39-58(45)67(68,69)70)64(88)51-24-46-11-17-83(59(46)75-30-51)55-25-52(71)31-72-34-55/h11-13,17-19,22-36,40-45,58H,5-10,14-16,20-21,37-39,71H2,1-4H3,(H,78,89)(H,79,90)/t40?,41?,42-,43-,44?,45?,58-/m1/s1. The van der Waals surface area contributed by atoms with Crippen molar-refractivity contribution in [2.24, 2.45) is 29.6 Å². The van der Waals surface area contributed by atoms with Gasteiger partial charge in [-0.2, -0.15) is 13.2 Å². The Kier molecular flexibility index (Phi) is 17.9. The molecule has 92 heavy (non-hydrogen) atoms. The number of aromatic nitrogens is 9. The second-order valence-corrected chi connectivity index (χ2v) is 24.5. The van der Waals surface area contributed by atoms with Crippen molar-refractivity contribution in [1.82, 2.24) is 58.3 Å². The molecule has 12 heterocycles. The van der Waals surface area contributed by atoms with Gasteiger partial charge in [0.05, 0.1) is 87.7 Å². The van der Waals surface area contributed by atoms with Gasteiger partial charge in [0.1, 0.15) is 29.1 Å². The van der Waals surface area contributed by atoms with Gasteiger partial charge in [0, 0.05) is 98.8 Å². The second-order valence-electron chi connectivity index (χ2n) is 24.5. The highest BCUT2D eigenvalue weighted by atomic mass is 19.4. The van der Waals surface area contributed by atoms with E-state index in [4.69, 9.17) is 20.2 Å². The van der Waals surface area contributed by atoms with Crippen molar-refractivity contribution in [2.45, 2.75) is 97.4 Å². The number of likely N-dealkylation sites (tertiary alicyclic amines) is 3. The fraction of sp³-hybridized carbons (Fsp3) is 0.388. The van der Waals surface area contributed by atoms with Crippen LogP contribution in [0.25, 0.3) is 50.2 Å². The van der Waals surface area contributed by atoms with Gasteiger partial charge in [-0.25, -0.2) is 24.5 Å². The number of alkyl halides is 3. The number of nitrogens with one attached hydrogen (secondary N) is 2. The van der Waals surface area contributed by atoms with Crippen LogP contribution in [0, 0.1) is 29.6 Å². The van der Waals surface area contributed by atoms with Crippen LogP contribution in [0.15, 0.2) is 129 Å². The van der Waals surface area contributed by atoms with Crippen molar-refractivity contribution in [3.05, 3.63) is 146 Å². The Morgan fingerprint density at radius 3 is 1.46 bits per heavy atom. The number of pyridine rings is 6. The third kappa shape index (κ3) is 13.6.